The molecule has 0 aliphatic heterocycles. The Kier molecular flexibility index (Phi) is 1.59. The Bertz CT molecular complexity index is 370. The average molecular weight is 162 g/mol. The van der Waals surface area contributed by atoms with E-state index in [0.717, 1.165) is 5.56 Å². The highest BCUT2D eigenvalue weighted by atomic mass is 16.5. The number of hydrogen-bond acceptors (Lipinski definition) is 3. The van der Waals surface area contributed by atoms with E-state index in [-0.39, 0.29) is 0 Å². The molecule has 2 heterocycles. The summed E-state index contributed by atoms with van der Waals surface area (Å²) in [6.07, 6.45) is 5.26. The van der Waals surface area contributed by atoms with E-state index in [9.17, 15) is 0 Å². The number of nitrogens with zero attached hydrogens (tertiary/aromatic N) is 3. The molecule has 0 aliphatic rings. The molecule has 60 valence electrons. The second-order valence-electron chi connectivity index (χ2n) is 2.50. The highest BCUT2D eigenvalue weighted by Crippen LogP contribution is 2.11. The van der Waals surface area contributed by atoms with Gasteiger partial charge in [0.2, 0.25) is 0 Å². The van der Waals surface area contributed by atoms with Gasteiger partial charge in [-0.25, -0.2) is 4.57 Å². The molecule has 4 nitrogen and oxygen atoms in total. The zero-order chi connectivity index (χ0) is 8.39. The van der Waals surface area contributed by atoms with Crippen molar-refractivity contribution >= 4 is 0 Å². The molecular weight excluding hydrogens is 154 g/mol. The summed E-state index contributed by atoms with van der Waals surface area (Å²) in [5.41, 5.74) is 0.928. The molecule has 0 amide bonds. The first kappa shape index (κ1) is 6.97. The van der Waals surface area contributed by atoms with Crippen molar-refractivity contribution in [1.82, 2.24) is 10.1 Å². The van der Waals surface area contributed by atoms with Gasteiger partial charge in [0.1, 0.15) is 12.6 Å². The Balaban J connectivity index is 2.48. The summed E-state index contributed by atoms with van der Waals surface area (Å²) in [6.45, 7) is 0. The van der Waals surface area contributed by atoms with Crippen LogP contribution in [0, 0.1) is 0 Å². The number of rotatable bonds is 1. The summed E-state index contributed by atoms with van der Waals surface area (Å²) in [7, 11) is 1.94. The monoisotopic (exact) mass is 162 g/mol. The number of hydrogen-bond donors (Lipinski definition) is 0. The van der Waals surface area contributed by atoms with Gasteiger partial charge in [-0.1, -0.05) is 5.16 Å². The molecule has 0 aromatic carbocycles. The molecule has 2 aromatic heterocycles. The molecule has 12 heavy (non-hydrogen) atoms. The maximum absolute atomic E-state index is 4.90. The minimum absolute atomic E-state index is 0.547. The van der Waals surface area contributed by atoms with E-state index < -0.39 is 0 Å². The van der Waals surface area contributed by atoms with Crippen molar-refractivity contribution in [3.8, 4) is 11.5 Å². The van der Waals surface area contributed by atoms with Crippen LogP contribution in [0.5, 0.6) is 0 Å². The Labute approximate surface area is 69.5 Å². The molecule has 2 rings (SSSR count). The van der Waals surface area contributed by atoms with Gasteiger partial charge in [-0.2, -0.15) is 4.98 Å². The summed E-state index contributed by atoms with van der Waals surface area (Å²) in [5.74, 6) is 0.547. The summed E-state index contributed by atoms with van der Waals surface area (Å²) in [6, 6.07) is 3.85. The Morgan fingerprint density at radius 2 is 2.42 bits per heavy atom. The molecule has 0 atom stereocenters. The van der Waals surface area contributed by atoms with Gasteiger partial charge < -0.3 is 4.52 Å². The van der Waals surface area contributed by atoms with Gasteiger partial charge >= 0.3 is 0 Å². The van der Waals surface area contributed by atoms with E-state index >= 15 is 0 Å². The number of aromatic nitrogens is 3. The third kappa shape index (κ3) is 1.18. The lowest BCUT2D eigenvalue weighted by Crippen LogP contribution is -2.26. The molecular formula is C8H8N3O+. The SMILES string of the molecule is C[n+]1cccc(-c2ncno2)c1. The quantitative estimate of drug-likeness (QED) is 0.575. The first-order chi connectivity index (χ1) is 5.86. The highest BCUT2D eigenvalue weighted by molar-refractivity contribution is 5.48. The van der Waals surface area contributed by atoms with Crippen molar-refractivity contribution in [3.63, 3.8) is 0 Å². The molecule has 0 fully saturated rings. The summed E-state index contributed by atoms with van der Waals surface area (Å²) < 4.78 is 6.83. The molecule has 0 radical (unpaired) electrons. The summed E-state index contributed by atoms with van der Waals surface area (Å²) in [5, 5.41) is 3.53. The first-order valence-electron chi connectivity index (χ1n) is 3.58. The normalized spacial score (nSPS) is 10.1. The minimum atomic E-state index is 0.547. The van der Waals surface area contributed by atoms with Gasteiger partial charge in [0.25, 0.3) is 5.89 Å². The smallest absolute Gasteiger partial charge is 0.263 e. The molecule has 0 saturated carbocycles. The molecule has 0 spiro atoms. The second kappa shape index (κ2) is 2.73. The maximum atomic E-state index is 4.90. The average Bonchev–Trinajstić information content (AvgIpc) is 2.56. The Morgan fingerprint density at radius 3 is 3.08 bits per heavy atom. The van der Waals surface area contributed by atoms with Gasteiger partial charge in [-0.3, -0.25) is 0 Å². The third-order valence-electron chi connectivity index (χ3n) is 1.55. The zero-order valence-electron chi connectivity index (χ0n) is 6.64. The van der Waals surface area contributed by atoms with Crippen LogP contribution in [0.2, 0.25) is 0 Å². The van der Waals surface area contributed by atoms with Crippen molar-refractivity contribution in [1.29, 1.82) is 0 Å². The first-order valence-corrected chi connectivity index (χ1v) is 3.58. The fraction of sp³-hybridized carbons (Fsp3) is 0.125. The van der Waals surface area contributed by atoms with E-state index in [0.29, 0.717) is 5.89 Å². The van der Waals surface area contributed by atoms with Crippen LogP contribution in [0.15, 0.2) is 35.4 Å². The van der Waals surface area contributed by atoms with Crippen molar-refractivity contribution in [2.45, 2.75) is 0 Å². The number of aryl methyl sites for hydroxylation is 1. The van der Waals surface area contributed by atoms with Crippen molar-refractivity contribution < 1.29 is 9.09 Å². The highest BCUT2D eigenvalue weighted by Gasteiger charge is 2.05. The van der Waals surface area contributed by atoms with E-state index in [2.05, 4.69) is 10.1 Å². The van der Waals surface area contributed by atoms with Crippen LogP contribution in [0.25, 0.3) is 11.5 Å². The summed E-state index contributed by atoms with van der Waals surface area (Å²) >= 11 is 0. The van der Waals surface area contributed by atoms with Crippen molar-refractivity contribution in [2.75, 3.05) is 0 Å². The van der Waals surface area contributed by atoms with Crippen LogP contribution in [-0.4, -0.2) is 10.1 Å². The van der Waals surface area contributed by atoms with Gasteiger partial charge in [0, 0.05) is 6.07 Å². The molecule has 0 unspecified atom stereocenters. The van der Waals surface area contributed by atoms with E-state index in [1.165, 1.54) is 6.33 Å². The fourth-order valence-corrected chi connectivity index (χ4v) is 1.01. The topological polar surface area (TPSA) is 42.8 Å². The zero-order valence-corrected chi connectivity index (χ0v) is 6.64. The fourth-order valence-electron chi connectivity index (χ4n) is 1.01. The Hall–Kier alpha value is -1.71. The van der Waals surface area contributed by atoms with E-state index in [1.807, 2.05) is 36.1 Å². The van der Waals surface area contributed by atoms with Crippen molar-refractivity contribution in [2.24, 2.45) is 7.05 Å². The largest absolute Gasteiger partial charge is 0.334 e. The van der Waals surface area contributed by atoms with Crippen LogP contribution < -0.4 is 4.57 Å². The van der Waals surface area contributed by atoms with Gasteiger partial charge in [-0.05, 0) is 6.07 Å². The maximum Gasteiger partial charge on any atom is 0.263 e. The second-order valence-corrected chi connectivity index (χ2v) is 2.50. The van der Waals surface area contributed by atoms with E-state index in [1.54, 1.807) is 0 Å². The van der Waals surface area contributed by atoms with Gasteiger partial charge in [-0.15, -0.1) is 0 Å². The van der Waals surface area contributed by atoms with Crippen molar-refractivity contribution in [3.05, 3.63) is 30.9 Å². The summed E-state index contributed by atoms with van der Waals surface area (Å²) in [4.78, 5) is 3.94. The van der Waals surface area contributed by atoms with Crippen LogP contribution in [0.4, 0.5) is 0 Å². The lowest BCUT2D eigenvalue weighted by molar-refractivity contribution is -0.671. The standard InChI is InChI=1S/C8H8N3O/c1-11-4-2-3-7(5-11)8-9-6-10-12-8/h2-6H,1H3/q+1. The molecule has 4 heteroatoms. The predicted molar refractivity (Wildman–Crippen MR) is 40.9 cm³/mol. The number of pyridine rings is 1. The minimum Gasteiger partial charge on any atom is -0.334 e. The van der Waals surface area contributed by atoms with Gasteiger partial charge in [0.15, 0.2) is 18.7 Å². The van der Waals surface area contributed by atoms with Crippen LogP contribution in [0.3, 0.4) is 0 Å². The van der Waals surface area contributed by atoms with Gasteiger partial charge in [0.05, 0.1) is 0 Å². The lowest BCUT2D eigenvalue weighted by atomic mass is 10.3. The molecule has 0 N–H and O–H groups in total. The van der Waals surface area contributed by atoms with Crippen LogP contribution in [0.1, 0.15) is 0 Å². The predicted octanol–water partition coefficient (Wildman–Crippen LogP) is 0.561. The van der Waals surface area contributed by atoms with Crippen LogP contribution in [-0.2, 0) is 7.05 Å². The molecule has 0 aliphatic carbocycles. The third-order valence-corrected chi connectivity index (χ3v) is 1.55. The molecule has 0 saturated heterocycles. The van der Waals surface area contributed by atoms with Crippen LogP contribution >= 0.6 is 0 Å². The molecule has 0 bridgehead atoms. The lowest BCUT2D eigenvalue weighted by Gasteiger charge is -1.89. The molecule has 2 aromatic rings. The van der Waals surface area contributed by atoms with E-state index in [4.69, 9.17) is 4.52 Å². The Morgan fingerprint density at radius 1 is 1.50 bits per heavy atom.